The molecule has 0 unspecified atom stereocenters. The maximum absolute atomic E-state index is 5.55. The Kier molecular flexibility index (Phi) is 16.1. The molecule has 0 aromatic carbocycles. The number of ether oxygens (including phenoxy) is 1. The zero-order valence-corrected chi connectivity index (χ0v) is 13.4. The van der Waals surface area contributed by atoms with E-state index in [0.717, 1.165) is 19.3 Å². The van der Waals surface area contributed by atoms with Gasteiger partial charge in [-0.15, -0.1) is 0 Å². The van der Waals surface area contributed by atoms with E-state index >= 15 is 0 Å². The summed E-state index contributed by atoms with van der Waals surface area (Å²) in [4.78, 5) is 0. The quantitative estimate of drug-likeness (QED) is 0.601. The van der Waals surface area contributed by atoms with Crippen molar-refractivity contribution in [3.8, 4) is 0 Å². The molecule has 0 saturated carbocycles. The molecule has 0 aliphatic carbocycles. The Balaban J connectivity index is 0. The third-order valence-corrected chi connectivity index (χ3v) is 4.99. The molecule has 0 spiro atoms. The van der Waals surface area contributed by atoms with Gasteiger partial charge in [-0.2, -0.15) is 0 Å². The van der Waals surface area contributed by atoms with Crippen molar-refractivity contribution in [3.05, 3.63) is 0 Å². The Bertz CT molecular complexity index is 125. The summed E-state index contributed by atoms with van der Waals surface area (Å²) in [6.45, 7) is 15.6. The molecule has 0 saturated heterocycles. The van der Waals surface area contributed by atoms with Gasteiger partial charge in [0.15, 0.2) is 0 Å². The molecule has 0 bridgehead atoms. The smallest absolute Gasteiger partial charge is 0.382 e. The topological polar surface area (TPSA) is 36.9 Å². The molecule has 0 aliphatic heterocycles. The van der Waals surface area contributed by atoms with E-state index in [1.54, 1.807) is 0 Å². The molecule has 0 fully saturated rings. The monoisotopic (exact) mass is 266 g/mol. The molecule has 0 aromatic rings. The molecule has 4 nitrogen and oxygen atoms in total. The summed E-state index contributed by atoms with van der Waals surface area (Å²) in [5.74, 6) is 0. The molecule has 0 radical (unpaired) electrons. The van der Waals surface area contributed by atoms with Crippen LogP contribution in [0.3, 0.4) is 0 Å². The predicted octanol–water partition coefficient (Wildman–Crippen LogP) is 3.10. The summed E-state index contributed by atoms with van der Waals surface area (Å²) in [6.07, 6.45) is 0. The van der Waals surface area contributed by atoms with Gasteiger partial charge in [0.25, 0.3) is 0 Å². The van der Waals surface area contributed by atoms with Crippen LogP contribution in [-0.2, 0) is 18.0 Å². The maximum Gasteiger partial charge on any atom is 0.500 e. The number of rotatable bonds is 9. The first kappa shape index (κ1) is 19.4. The van der Waals surface area contributed by atoms with Gasteiger partial charge in [0, 0.05) is 39.1 Å². The second-order valence-electron chi connectivity index (χ2n) is 3.12. The number of hydrogen-bond acceptors (Lipinski definition) is 4. The molecule has 5 heteroatoms. The number of hydrogen-bond donors (Lipinski definition) is 0. The highest BCUT2D eigenvalue weighted by atomic mass is 28.4. The summed E-state index contributed by atoms with van der Waals surface area (Å²) in [7, 11) is -2.27. The molecule has 106 valence electrons. The first-order valence-electron chi connectivity index (χ1n) is 6.65. The van der Waals surface area contributed by atoms with Crippen molar-refractivity contribution in [1.29, 1.82) is 0 Å². The van der Waals surface area contributed by atoms with E-state index in [0.29, 0.717) is 19.8 Å². The third kappa shape index (κ3) is 10.9. The standard InChI is InChI=1S/C8H20O3Si.C4H10O/c1-5-9-12(8-4,10-6-2)11-7-3;1-3-5-4-2/h5-8H2,1-4H3;3-4H2,1-2H3. The van der Waals surface area contributed by atoms with E-state index in [4.69, 9.17) is 18.0 Å². The van der Waals surface area contributed by atoms with Crippen molar-refractivity contribution in [2.75, 3.05) is 33.0 Å². The summed E-state index contributed by atoms with van der Waals surface area (Å²) < 4.78 is 21.5. The Hall–Kier alpha value is 0.0569. The van der Waals surface area contributed by atoms with Crippen molar-refractivity contribution in [1.82, 2.24) is 0 Å². The molecular weight excluding hydrogens is 236 g/mol. The van der Waals surface area contributed by atoms with Crippen molar-refractivity contribution >= 4 is 8.80 Å². The second kappa shape index (κ2) is 14.1. The molecule has 0 aliphatic rings. The molecule has 0 aromatic heterocycles. The minimum atomic E-state index is -2.27. The van der Waals surface area contributed by atoms with Crippen LogP contribution in [0.1, 0.15) is 41.5 Å². The van der Waals surface area contributed by atoms with Crippen LogP contribution in [0.4, 0.5) is 0 Å². The summed E-state index contributed by atoms with van der Waals surface area (Å²) in [5, 5.41) is 0. The van der Waals surface area contributed by atoms with Crippen LogP contribution >= 0.6 is 0 Å². The first-order chi connectivity index (χ1) is 8.16. The van der Waals surface area contributed by atoms with Crippen LogP contribution in [0.25, 0.3) is 0 Å². The highest BCUT2D eigenvalue weighted by molar-refractivity contribution is 6.60. The highest BCUT2D eigenvalue weighted by Crippen LogP contribution is 2.14. The van der Waals surface area contributed by atoms with Crippen molar-refractivity contribution < 1.29 is 18.0 Å². The lowest BCUT2D eigenvalue weighted by atomic mass is 10.8. The molecule has 0 rings (SSSR count). The fourth-order valence-corrected chi connectivity index (χ4v) is 3.48. The van der Waals surface area contributed by atoms with E-state index in [9.17, 15) is 0 Å². The average molecular weight is 266 g/mol. The normalized spacial score (nSPS) is 10.9. The van der Waals surface area contributed by atoms with Gasteiger partial charge in [-0.1, -0.05) is 6.92 Å². The van der Waals surface area contributed by atoms with Crippen molar-refractivity contribution in [3.63, 3.8) is 0 Å². The van der Waals surface area contributed by atoms with Gasteiger partial charge in [0.2, 0.25) is 0 Å². The molecule has 17 heavy (non-hydrogen) atoms. The van der Waals surface area contributed by atoms with E-state index in [2.05, 4.69) is 0 Å². The highest BCUT2D eigenvalue weighted by Gasteiger charge is 2.37. The van der Waals surface area contributed by atoms with Gasteiger partial charge in [0.1, 0.15) is 0 Å². The summed E-state index contributed by atoms with van der Waals surface area (Å²) in [6, 6.07) is 0.850. The van der Waals surface area contributed by atoms with Gasteiger partial charge in [-0.25, -0.2) is 0 Å². The van der Waals surface area contributed by atoms with Crippen LogP contribution in [0, 0.1) is 0 Å². The van der Waals surface area contributed by atoms with Gasteiger partial charge >= 0.3 is 8.80 Å². The molecule has 0 N–H and O–H groups in total. The zero-order valence-electron chi connectivity index (χ0n) is 12.4. The predicted molar refractivity (Wildman–Crippen MR) is 73.3 cm³/mol. The second-order valence-corrected chi connectivity index (χ2v) is 6.06. The van der Waals surface area contributed by atoms with Gasteiger partial charge in [-0.3, -0.25) is 0 Å². The third-order valence-electron chi connectivity index (χ3n) is 1.93. The van der Waals surface area contributed by atoms with E-state index in [1.807, 2.05) is 41.5 Å². The Morgan fingerprint density at radius 2 is 0.941 bits per heavy atom. The summed E-state index contributed by atoms with van der Waals surface area (Å²) in [5.41, 5.74) is 0. The Morgan fingerprint density at radius 3 is 1.06 bits per heavy atom. The Morgan fingerprint density at radius 1 is 0.588 bits per heavy atom. The van der Waals surface area contributed by atoms with Crippen LogP contribution in [0.15, 0.2) is 0 Å². The molecule has 0 atom stereocenters. The van der Waals surface area contributed by atoms with Crippen molar-refractivity contribution in [2.24, 2.45) is 0 Å². The molecular formula is C12H30O4Si. The molecule has 0 amide bonds. The SMILES string of the molecule is CCOCC.CCO[Si](CC)(OCC)OCC. The molecule has 0 heterocycles. The van der Waals surface area contributed by atoms with Gasteiger partial charge in [-0.05, 0) is 34.6 Å². The van der Waals surface area contributed by atoms with Gasteiger partial charge < -0.3 is 18.0 Å². The lowest BCUT2D eigenvalue weighted by Gasteiger charge is -2.26. The van der Waals surface area contributed by atoms with Crippen LogP contribution in [0.2, 0.25) is 6.04 Å². The van der Waals surface area contributed by atoms with E-state index in [1.165, 1.54) is 0 Å². The van der Waals surface area contributed by atoms with Crippen LogP contribution < -0.4 is 0 Å². The fraction of sp³-hybridized carbons (Fsp3) is 1.00. The van der Waals surface area contributed by atoms with E-state index < -0.39 is 8.80 Å². The van der Waals surface area contributed by atoms with Gasteiger partial charge in [0.05, 0.1) is 0 Å². The fourth-order valence-electron chi connectivity index (χ4n) is 1.30. The van der Waals surface area contributed by atoms with Crippen LogP contribution in [0.5, 0.6) is 0 Å². The summed E-state index contributed by atoms with van der Waals surface area (Å²) >= 11 is 0. The largest absolute Gasteiger partial charge is 0.500 e. The lowest BCUT2D eigenvalue weighted by molar-refractivity contribution is 0.0725. The first-order valence-corrected chi connectivity index (χ1v) is 8.58. The Labute approximate surface area is 108 Å². The minimum Gasteiger partial charge on any atom is -0.382 e. The zero-order chi connectivity index (χ0) is 13.6. The average Bonchev–Trinajstić information content (AvgIpc) is 2.32. The van der Waals surface area contributed by atoms with E-state index in [-0.39, 0.29) is 0 Å². The lowest BCUT2D eigenvalue weighted by Crippen LogP contribution is -2.45. The minimum absolute atomic E-state index is 0.667. The van der Waals surface area contributed by atoms with Crippen LogP contribution in [-0.4, -0.2) is 41.8 Å². The maximum atomic E-state index is 5.55. The van der Waals surface area contributed by atoms with Crippen molar-refractivity contribution in [2.45, 2.75) is 47.6 Å².